The van der Waals surface area contributed by atoms with Crippen LogP contribution in [0.4, 0.5) is 0 Å². The maximum absolute atomic E-state index is 2.46. The second-order valence-corrected chi connectivity index (χ2v) is 3.31. The zero-order valence-corrected chi connectivity index (χ0v) is 6.56. The molecule has 0 aromatic heterocycles. The normalized spacial score (nSPS) is 29.9. The number of hydrogen-bond acceptors (Lipinski definition) is 0. The first-order valence-electron chi connectivity index (χ1n) is 4.31. The van der Waals surface area contributed by atoms with Gasteiger partial charge in [-0.1, -0.05) is 30.2 Å². The summed E-state index contributed by atoms with van der Waals surface area (Å²) in [5.74, 6) is 0.856. The molecule has 0 amide bonds. The van der Waals surface area contributed by atoms with E-state index in [2.05, 4.69) is 19.1 Å². The lowest BCUT2D eigenvalue weighted by molar-refractivity contribution is 0.768. The van der Waals surface area contributed by atoms with Crippen molar-refractivity contribution in [3.05, 3.63) is 23.3 Å². The van der Waals surface area contributed by atoms with E-state index in [1.165, 1.54) is 25.7 Å². The molecule has 1 saturated carbocycles. The fourth-order valence-electron chi connectivity index (χ4n) is 2.03. The summed E-state index contributed by atoms with van der Waals surface area (Å²) in [6.45, 7) is 2.24. The minimum Gasteiger partial charge on any atom is -0.0741 e. The Hall–Kier alpha value is -0.520. The first-order valence-corrected chi connectivity index (χ1v) is 4.31. The lowest BCUT2D eigenvalue weighted by Crippen LogP contribution is -1.84. The molecule has 2 aliphatic carbocycles. The summed E-state index contributed by atoms with van der Waals surface area (Å²) >= 11 is 0. The summed E-state index contributed by atoms with van der Waals surface area (Å²) in [6.07, 6.45) is 10.3. The van der Waals surface area contributed by atoms with Crippen LogP contribution < -0.4 is 0 Å². The number of hydrogen-bond donors (Lipinski definition) is 0. The molecule has 1 unspecified atom stereocenters. The highest BCUT2D eigenvalue weighted by molar-refractivity contribution is 5.37. The quantitative estimate of drug-likeness (QED) is 0.517. The zero-order chi connectivity index (χ0) is 6.97. The van der Waals surface area contributed by atoms with Crippen LogP contribution in [0, 0.1) is 5.92 Å². The molecule has 0 spiro atoms. The third-order valence-corrected chi connectivity index (χ3v) is 2.65. The smallest absolute Gasteiger partial charge is 0.00141 e. The summed E-state index contributed by atoms with van der Waals surface area (Å²) in [6, 6.07) is 0. The van der Waals surface area contributed by atoms with Crippen molar-refractivity contribution in [2.45, 2.75) is 32.6 Å². The number of allylic oxidation sites excluding steroid dienone is 4. The van der Waals surface area contributed by atoms with Gasteiger partial charge in [0.05, 0.1) is 0 Å². The average Bonchev–Trinajstić information content (AvgIpc) is 2.42. The second kappa shape index (κ2) is 2.26. The van der Waals surface area contributed by atoms with Crippen LogP contribution in [0.3, 0.4) is 0 Å². The van der Waals surface area contributed by atoms with Gasteiger partial charge in [-0.15, -0.1) is 0 Å². The van der Waals surface area contributed by atoms with E-state index in [4.69, 9.17) is 0 Å². The Labute approximate surface area is 62.6 Å². The van der Waals surface area contributed by atoms with Crippen LogP contribution >= 0.6 is 0 Å². The van der Waals surface area contributed by atoms with Gasteiger partial charge in [0.25, 0.3) is 0 Å². The van der Waals surface area contributed by atoms with E-state index >= 15 is 0 Å². The molecule has 0 radical (unpaired) electrons. The van der Waals surface area contributed by atoms with Gasteiger partial charge in [-0.05, 0) is 31.6 Å². The molecular weight excluding hydrogens is 120 g/mol. The Morgan fingerprint density at radius 2 is 2.50 bits per heavy atom. The van der Waals surface area contributed by atoms with Crippen LogP contribution in [0.25, 0.3) is 0 Å². The van der Waals surface area contributed by atoms with Gasteiger partial charge in [-0.3, -0.25) is 0 Å². The minimum absolute atomic E-state index is 0.856. The molecule has 2 rings (SSSR count). The maximum atomic E-state index is 2.46. The van der Waals surface area contributed by atoms with Gasteiger partial charge in [-0.25, -0.2) is 0 Å². The van der Waals surface area contributed by atoms with Crippen molar-refractivity contribution >= 4 is 0 Å². The predicted octanol–water partition coefficient (Wildman–Crippen LogP) is 3.06. The molecule has 0 heteroatoms. The van der Waals surface area contributed by atoms with E-state index < -0.39 is 0 Å². The highest BCUT2D eigenvalue weighted by Gasteiger charge is 2.22. The first-order chi connectivity index (χ1) is 4.90. The van der Waals surface area contributed by atoms with Crippen LogP contribution in [-0.2, 0) is 0 Å². The van der Waals surface area contributed by atoms with Crippen LogP contribution in [0.5, 0.6) is 0 Å². The van der Waals surface area contributed by atoms with E-state index in [-0.39, 0.29) is 0 Å². The molecule has 2 aliphatic rings. The summed E-state index contributed by atoms with van der Waals surface area (Å²) in [5, 5.41) is 0. The van der Waals surface area contributed by atoms with Crippen molar-refractivity contribution in [3.63, 3.8) is 0 Å². The van der Waals surface area contributed by atoms with Gasteiger partial charge in [0.15, 0.2) is 0 Å². The lowest BCUT2D eigenvalue weighted by Gasteiger charge is -1.96. The monoisotopic (exact) mass is 134 g/mol. The lowest BCUT2D eigenvalue weighted by atomic mass is 10.1. The Morgan fingerprint density at radius 3 is 3.20 bits per heavy atom. The Morgan fingerprint density at radius 1 is 1.60 bits per heavy atom. The third kappa shape index (κ3) is 0.828. The summed E-state index contributed by atoms with van der Waals surface area (Å²) in [7, 11) is 0. The van der Waals surface area contributed by atoms with Crippen LogP contribution in [0.1, 0.15) is 32.6 Å². The van der Waals surface area contributed by atoms with Crippen molar-refractivity contribution in [1.82, 2.24) is 0 Å². The molecule has 0 nitrogen and oxygen atoms in total. The van der Waals surface area contributed by atoms with E-state index in [1.54, 1.807) is 11.1 Å². The van der Waals surface area contributed by atoms with Crippen LogP contribution in [0.2, 0.25) is 0 Å². The van der Waals surface area contributed by atoms with Crippen molar-refractivity contribution in [3.8, 4) is 0 Å². The maximum Gasteiger partial charge on any atom is -0.00141 e. The van der Waals surface area contributed by atoms with Gasteiger partial charge in [0, 0.05) is 0 Å². The van der Waals surface area contributed by atoms with E-state index in [0.29, 0.717) is 0 Å². The summed E-state index contributed by atoms with van der Waals surface area (Å²) in [4.78, 5) is 0. The fraction of sp³-hybridized carbons (Fsp3) is 0.600. The molecule has 54 valence electrons. The van der Waals surface area contributed by atoms with Crippen molar-refractivity contribution in [2.24, 2.45) is 5.92 Å². The summed E-state index contributed by atoms with van der Waals surface area (Å²) < 4.78 is 0. The Kier molecular flexibility index (Phi) is 1.40. The van der Waals surface area contributed by atoms with E-state index in [0.717, 1.165) is 5.92 Å². The molecule has 1 atom stereocenters. The second-order valence-electron chi connectivity index (χ2n) is 3.31. The molecule has 0 heterocycles. The van der Waals surface area contributed by atoms with Gasteiger partial charge < -0.3 is 0 Å². The Bertz CT molecular complexity index is 196. The molecule has 0 N–H and O–H groups in total. The van der Waals surface area contributed by atoms with Crippen LogP contribution in [0.15, 0.2) is 23.3 Å². The van der Waals surface area contributed by atoms with Gasteiger partial charge >= 0.3 is 0 Å². The molecule has 10 heavy (non-hydrogen) atoms. The van der Waals surface area contributed by atoms with Gasteiger partial charge in [0.2, 0.25) is 0 Å². The largest absolute Gasteiger partial charge is 0.0741 e. The molecule has 0 aromatic rings. The molecule has 0 aliphatic heterocycles. The number of rotatable bonds is 1. The van der Waals surface area contributed by atoms with E-state index in [9.17, 15) is 0 Å². The molecule has 0 bridgehead atoms. The number of fused-ring (bicyclic) bond motifs is 1. The van der Waals surface area contributed by atoms with Crippen molar-refractivity contribution in [2.75, 3.05) is 0 Å². The highest BCUT2D eigenvalue weighted by Crippen LogP contribution is 2.38. The van der Waals surface area contributed by atoms with Crippen molar-refractivity contribution < 1.29 is 0 Å². The Balaban J connectivity index is 2.19. The summed E-state index contributed by atoms with van der Waals surface area (Å²) in [5.41, 5.74) is 3.27. The molecule has 0 aromatic carbocycles. The average molecular weight is 134 g/mol. The predicted molar refractivity (Wildman–Crippen MR) is 43.8 cm³/mol. The molecular formula is C10H14. The SMILES string of the molecule is CCC1=CC2CCCC2=C1. The zero-order valence-electron chi connectivity index (χ0n) is 6.56. The third-order valence-electron chi connectivity index (χ3n) is 2.65. The van der Waals surface area contributed by atoms with Crippen molar-refractivity contribution in [1.29, 1.82) is 0 Å². The van der Waals surface area contributed by atoms with Crippen LogP contribution in [-0.4, -0.2) is 0 Å². The standard InChI is InChI=1S/C10H14/c1-2-8-6-9-4-3-5-10(9)7-8/h6-7,9H,2-5H2,1H3. The minimum atomic E-state index is 0.856. The first kappa shape index (κ1) is 6.21. The van der Waals surface area contributed by atoms with Gasteiger partial charge in [0.1, 0.15) is 0 Å². The fourth-order valence-corrected chi connectivity index (χ4v) is 2.03. The topological polar surface area (TPSA) is 0 Å². The van der Waals surface area contributed by atoms with Gasteiger partial charge in [-0.2, -0.15) is 0 Å². The van der Waals surface area contributed by atoms with E-state index in [1.807, 2.05) is 0 Å². The highest BCUT2D eigenvalue weighted by atomic mass is 14.3. The molecule has 1 fully saturated rings. The molecule has 0 saturated heterocycles.